The molecule has 98 valence electrons. The van der Waals surface area contributed by atoms with Crippen LogP contribution in [0.2, 0.25) is 0 Å². The van der Waals surface area contributed by atoms with Gasteiger partial charge in [0.15, 0.2) is 6.29 Å². The molecule has 0 saturated carbocycles. The highest BCUT2D eigenvalue weighted by molar-refractivity contribution is 5.79. The van der Waals surface area contributed by atoms with Crippen molar-refractivity contribution in [2.24, 2.45) is 0 Å². The highest BCUT2D eigenvalue weighted by Crippen LogP contribution is 2.16. The zero-order valence-corrected chi connectivity index (χ0v) is 10.4. The lowest BCUT2D eigenvalue weighted by Gasteiger charge is -2.28. The van der Waals surface area contributed by atoms with Crippen LogP contribution in [0.1, 0.15) is 21.7 Å². The third-order valence-electron chi connectivity index (χ3n) is 3.41. The van der Waals surface area contributed by atoms with Crippen LogP contribution in [0, 0.1) is 0 Å². The molecule has 1 amide bonds. The van der Waals surface area contributed by atoms with Gasteiger partial charge in [-0.1, -0.05) is 0 Å². The average molecular weight is 258 g/mol. The molecule has 0 aromatic carbocycles. The Labute approximate surface area is 110 Å². The van der Waals surface area contributed by atoms with Gasteiger partial charge in [-0.2, -0.15) is 0 Å². The summed E-state index contributed by atoms with van der Waals surface area (Å²) >= 11 is 0. The first-order valence-electron chi connectivity index (χ1n) is 6.16. The van der Waals surface area contributed by atoms with Crippen LogP contribution in [0.25, 0.3) is 0 Å². The Bertz CT molecular complexity index is 600. The van der Waals surface area contributed by atoms with Crippen LogP contribution in [0.5, 0.6) is 0 Å². The number of hydrogen-bond acceptors (Lipinski definition) is 3. The Kier molecular flexibility index (Phi) is 2.91. The van der Waals surface area contributed by atoms with Crippen LogP contribution >= 0.6 is 0 Å². The van der Waals surface area contributed by atoms with Gasteiger partial charge in [-0.3, -0.25) is 9.59 Å². The second kappa shape index (κ2) is 4.72. The minimum atomic E-state index is 0.0731. The molecule has 0 spiro atoms. The van der Waals surface area contributed by atoms with E-state index in [9.17, 15) is 9.59 Å². The van der Waals surface area contributed by atoms with Crippen molar-refractivity contribution in [3.63, 3.8) is 0 Å². The summed E-state index contributed by atoms with van der Waals surface area (Å²) in [7, 11) is 0. The summed E-state index contributed by atoms with van der Waals surface area (Å²) in [5.74, 6) is 0.0731. The van der Waals surface area contributed by atoms with E-state index >= 15 is 0 Å². The lowest BCUT2D eigenvalue weighted by atomic mass is 10.2. The summed E-state index contributed by atoms with van der Waals surface area (Å²) in [4.78, 5) is 31.8. The van der Waals surface area contributed by atoms with Gasteiger partial charge in [0, 0.05) is 25.5 Å². The van der Waals surface area contributed by atoms with Gasteiger partial charge in [-0.25, -0.2) is 4.98 Å². The molecule has 19 heavy (non-hydrogen) atoms. The molecule has 1 N–H and O–H groups in total. The van der Waals surface area contributed by atoms with Crippen molar-refractivity contribution >= 4 is 12.2 Å². The van der Waals surface area contributed by atoms with Gasteiger partial charge in [-0.05, 0) is 11.6 Å². The zero-order valence-electron chi connectivity index (χ0n) is 10.4. The van der Waals surface area contributed by atoms with Gasteiger partial charge >= 0.3 is 0 Å². The van der Waals surface area contributed by atoms with Gasteiger partial charge in [0.1, 0.15) is 5.69 Å². The van der Waals surface area contributed by atoms with E-state index in [1.807, 2.05) is 16.8 Å². The van der Waals surface area contributed by atoms with E-state index in [2.05, 4.69) is 9.97 Å². The Morgan fingerprint density at radius 2 is 2.37 bits per heavy atom. The van der Waals surface area contributed by atoms with Crippen molar-refractivity contribution in [1.29, 1.82) is 0 Å². The van der Waals surface area contributed by atoms with Gasteiger partial charge < -0.3 is 14.5 Å². The maximum Gasteiger partial charge on any atom is 0.227 e. The molecule has 1 aliphatic heterocycles. The third kappa shape index (κ3) is 2.16. The maximum absolute atomic E-state index is 12.2. The number of aromatic amines is 1. The quantitative estimate of drug-likeness (QED) is 0.820. The molecular formula is C13H14N4O2. The topological polar surface area (TPSA) is 71.0 Å². The standard InChI is InChI=1S/C13H14N4O2/c18-8-11-12-7-16(3-4-17(12)9-15-11)13(19)5-10-1-2-14-6-10/h1-2,6,8-9,14H,3-5,7H2. The molecule has 0 saturated heterocycles. The van der Waals surface area contributed by atoms with E-state index in [1.54, 1.807) is 17.4 Å². The van der Waals surface area contributed by atoms with E-state index in [0.717, 1.165) is 17.5 Å². The van der Waals surface area contributed by atoms with Crippen LogP contribution in [-0.4, -0.2) is 38.2 Å². The minimum Gasteiger partial charge on any atom is -0.367 e. The fourth-order valence-corrected chi connectivity index (χ4v) is 2.34. The lowest BCUT2D eigenvalue weighted by molar-refractivity contribution is -0.131. The fraction of sp³-hybridized carbons (Fsp3) is 0.308. The molecule has 0 unspecified atom stereocenters. The number of H-pyrrole nitrogens is 1. The minimum absolute atomic E-state index is 0.0731. The lowest BCUT2D eigenvalue weighted by Crippen LogP contribution is -2.39. The monoisotopic (exact) mass is 258 g/mol. The number of aromatic nitrogens is 3. The molecule has 3 rings (SSSR count). The largest absolute Gasteiger partial charge is 0.367 e. The first-order valence-corrected chi connectivity index (χ1v) is 6.16. The van der Waals surface area contributed by atoms with Gasteiger partial charge in [0.25, 0.3) is 0 Å². The molecule has 0 atom stereocenters. The number of carbonyl (C=O) groups is 2. The molecule has 0 radical (unpaired) electrons. The molecule has 6 nitrogen and oxygen atoms in total. The van der Waals surface area contributed by atoms with Crippen molar-refractivity contribution < 1.29 is 9.59 Å². The summed E-state index contributed by atoms with van der Waals surface area (Å²) < 4.78 is 1.93. The summed E-state index contributed by atoms with van der Waals surface area (Å²) in [6.07, 6.45) is 6.41. The number of hydrogen-bond donors (Lipinski definition) is 1. The second-order valence-corrected chi connectivity index (χ2v) is 4.60. The number of carbonyl (C=O) groups excluding carboxylic acids is 2. The summed E-state index contributed by atoms with van der Waals surface area (Å²) in [5, 5.41) is 0. The van der Waals surface area contributed by atoms with Crippen LogP contribution < -0.4 is 0 Å². The zero-order chi connectivity index (χ0) is 13.2. The van der Waals surface area contributed by atoms with Crippen molar-refractivity contribution in [2.45, 2.75) is 19.5 Å². The average Bonchev–Trinajstić information content (AvgIpc) is 3.06. The van der Waals surface area contributed by atoms with E-state index in [4.69, 9.17) is 0 Å². The number of nitrogens with zero attached hydrogens (tertiary/aromatic N) is 3. The Morgan fingerprint density at radius 3 is 3.11 bits per heavy atom. The Hall–Kier alpha value is -2.37. The fourth-order valence-electron chi connectivity index (χ4n) is 2.34. The molecule has 1 aliphatic rings. The molecule has 0 aliphatic carbocycles. The SMILES string of the molecule is O=Cc1ncn2c1CN(C(=O)Cc1cc[nH]c1)CC2. The van der Waals surface area contributed by atoms with Gasteiger partial charge in [0.05, 0.1) is 25.0 Å². The molecule has 2 aromatic rings. The Balaban J connectivity index is 1.74. The molecule has 0 bridgehead atoms. The molecule has 0 fully saturated rings. The first kappa shape index (κ1) is 11.7. The third-order valence-corrected chi connectivity index (χ3v) is 3.41. The van der Waals surface area contributed by atoms with Crippen LogP contribution in [0.15, 0.2) is 24.8 Å². The second-order valence-electron chi connectivity index (χ2n) is 4.60. The first-order chi connectivity index (χ1) is 9.28. The predicted molar refractivity (Wildman–Crippen MR) is 67.5 cm³/mol. The van der Waals surface area contributed by atoms with Crippen LogP contribution in [-0.2, 0) is 24.3 Å². The molecule has 3 heterocycles. The van der Waals surface area contributed by atoms with E-state index < -0.39 is 0 Å². The van der Waals surface area contributed by atoms with Crippen molar-refractivity contribution in [3.8, 4) is 0 Å². The highest BCUT2D eigenvalue weighted by Gasteiger charge is 2.23. The van der Waals surface area contributed by atoms with Gasteiger partial charge in [0.2, 0.25) is 5.91 Å². The van der Waals surface area contributed by atoms with E-state index in [-0.39, 0.29) is 5.91 Å². The van der Waals surface area contributed by atoms with Gasteiger partial charge in [-0.15, -0.1) is 0 Å². The highest BCUT2D eigenvalue weighted by atomic mass is 16.2. The van der Waals surface area contributed by atoms with Crippen molar-refractivity contribution in [3.05, 3.63) is 41.7 Å². The predicted octanol–water partition coefficient (Wildman–Crippen LogP) is 0.609. The summed E-state index contributed by atoms with van der Waals surface area (Å²) in [6.45, 7) is 1.80. The van der Waals surface area contributed by atoms with E-state index in [1.165, 1.54) is 0 Å². The van der Waals surface area contributed by atoms with Crippen LogP contribution in [0.4, 0.5) is 0 Å². The number of fused-ring (bicyclic) bond motifs is 1. The molecular weight excluding hydrogens is 244 g/mol. The molecule has 6 heteroatoms. The van der Waals surface area contributed by atoms with Crippen molar-refractivity contribution in [1.82, 2.24) is 19.4 Å². The maximum atomic E-state index is 12.2. The number of amides is 1. The number of aldehydes is 1. The normalized spacial score (nSPS) is 14.2. The number of imidazole rings is 1. The van der Waals surface area contributed by atoms with Crippen LogP contribution in [0.3, 0.4) is 0 Å². The molecule has 2 aromatic heterocycles. The Morgan fingerprint density at radius 1 is 1.47 bits per heavy atom. The number of rotatable bonds is 3. The summed E-state index contributed by atoms with van der Waals surface area (Å²) in [5.41, 5.74) is 2.22. The van der Waals surface area contributed by atoms with E-state index in [0.29, 0.717) is 31.7 Å². The number of nitrogens with one attached hydrogen (secondary N) is 1. The van der Waals surface area contributed by atoms with Crippen molar-refractivity contribution in [2.75, 3.05) is 6.54 Å². The smallest absolute Gasteiger partial charge is 0.227 e. The summed E-state index contributed by atoms with van der Waals surface area (Å²) in [6, 6.07) is 1.89.